The highest BCUT2D eigenvalue weighted by atomic mass is 15.3. The number of hydrogen-bond donors (Lipinski definition) is 0. The van der Waals surface area contributed by atoms with Crippen molar-refractivity contribution in [3.63, 3.8) is 0 Å². The van der Waals surface area contributed by atoms with Crippen LogP contribution in [0, 0.1) is 5.92 Å². The van der Waals surface area contributed by atoms with Gasteiger partial charge in [-0.15, -0.1) is 0 Å². The van der Waals surface area contributed by atoms with Gasteiger partial charge in [-0.25, -0.2) is 9.97 Å². The second-order valence-electron chi connectivity index (χ2n) is 7.51. The molecule has 0 aliphatic heterocycles. The molecule has 0 radical (unpaired) electrons. The predicted octanol–water partition coefficient (Wildman–Crippen LogP) is 5.02. The fourth-order valence-electron chi connectivity index (χ4n) is 4.34. The molecule has 5 heteroatoms. The monoisotopic (exact) mass is 337 g/mol. The summed E-state index contributed by atoms with van der Waals surface area (Å²) in [6, 6.07) is 3.01. The van der Waals surface area contributed by atoms with E-state index >= 15 is 0 Å². The van der Waals surface area contributed by atoms with Crippen molar-refractivity contribution in [2.24, 2.45) is 5.92 Å². The van der Waals surface area contributed by atoms with Crippen LogP contribution >= 0.6 is 0 Å². The fraction of sp³-hybridized carbons (Fsp3) is 0.550. The van der Waals surface area contributed by atoms with Gasteiger partial charge in [0.25, 0.3) is 0 Å². The van der Waals surface area contributed by atoms with Crippen molar-refractivity contribution in [2.45, 2.75) is 65.0 Å². The van der Waals surface area contributed by atoms with Gasteiger partial charge in [0.15, 0.2) is 0 Å². The molecule has 0 spiro atoms. The minimum atomic E-state index is 0.384. The summed E-state index contributed by atoms with van der Waals surface area (Å²) in [5, 5.41) is 5.81. The molecule has 25 heavy (non-hydrogen) atoms. The van der Waals surface area contributed by atoms with Crippen molar-refractivity contribution < 1.29 is 0 Å². The second-order valence-corrected chi connectivity index (χ2v) is 7.51. The van der Waals surface area contributed by atoms with E-state index in [9.17, 15) is 0 Å². The normalized spacial score (nSPS) is 17.0. The molecular weight excluding hydrogens is 310 g/mol. The molecule has 3 aromatic rings. The quantitative estimate of drug-likeness (QED) is 0.657. The van der Waals surface area contributed by atoms with Gasteiger partial charge in [-0.1, -0.05) is 19.8 Å². The van der Waals surface area contributed by atoms with Crippen LogP contribution in [0.15, 0.2) is 31.0 Å². The Morgan fingerprint density at radius 1 is 1.20 bits per heavy atom. The number of hydrogen-bond acceptors (Lipinski definition) is 3. The molecule has 1 atom stereocenters. The summed E-state index contributed by atoms with van der Waals surface area (Å²) in [5.74, 6) is 0.769. The van der Waals surface area contributed by atoms with E-state index < -0.39 is 0 Å². The van der Waals surface area contributed by atoms with Gasteiger partial charge in [-0.2, -0.15) is 5.10 Å². The van der Waals surface area contributed by atoms with E-state index in [4.69, 9.17) is 5.10 Å². The summed E-state index contributed by atoms with van der Waals surface area (Å²) in [4.78, 5) is 9.06. The number of nitrogens with zero attached hydrogens (tertiary/aromatic N) is 5. The third-order valence-corrected chi connectivity index (χ3v) is 5.64. The first-order valence-electron chi connectivity index (χ1n) is 9.55. The highest BCUT2D eigenvalue weighted by Gasteiger charge is 2.26. The number of aromatic nitrogens is 5. The molecule has 1 aliphatic carbocycles. The van der Waals surface area contributed by atoms with E-state index in [-0.39, 0.29) is 0 Å². The molecule has 4 rings (SSSR count). The van der Waals surface area contributed by atoms with Crippen LogP contribution in [0.1, 0.15) is 65.0 Å². The highest BCUT2D eigenvalue weighted by molar-refractivity contribution is 5.90. The third-order valence-electron chi connectivity index (χ3n) is 5.64. The van der Waals surface area contributed by atoms with Crippen LogP contribution in [0.2, 0.25) is 0 Å². The first kappa shape index (κ1) is 16.3. The van der Waals surface area contributed by atoms with Crippen molar-refractivity contribution in [1.29, 1.82) is 0 Å². The van der Waals surface area contributed by atoms with Crippen molar-refractivity contribution in [1.82, 2.24) is 24.3 Å². The molecule has 5 nitrogen and oxygen atoms in total. The Morgan fingerprint density at radius 2 is 2.00 bits per heavy atom. The molecule has 132 valence electrons. The van der Waals surface area contributed by atoms with Crippen LogP contribution < -0.4 is 0 Å². The van der Waals surface area contributed by atoms with Crippen LogP contribution in [-0.2, 0) is 0 Å². The topological polar surface area (TPSA) is 48.5 Å². The minimum absolute atomic E-state index is 0.384. The maximum atomic E-state index is 4.71. The molecule has 1 aliphatic rings. The van der Waals surface area contributed by atoms with Gasteiger partial charge in [0.05, 0.1) is 17.9 Å². The van der Waals surface area contributed by atoms with Crippen LogP contribution in [0.25, 0.3) is 22.3 Å². The van der Waals surface area contributed by atoms with Gasteiger partial charge in [0.2, 0.25) is 0 Å². The van der Waals surface area contributed by atoms with E-state index in [2.05, 4.69) is 58.4 Å². The Bertz CT molecular complexity index is 854. The van der Waals surface area contributed by atoms with E-state index in [1.165, 1.54) is 25.7 Å². The minimum Gasteiger partial charge on any atom is -0.330 e. The van der Waals surface area contributed by atoms with Crippen molar-refractivity contribution in [3.8, 4) is 11.3 Å². The van der Waals surface area contributed by atoms with Crippen molar-refractivity contribution >= 4 is 11.0 Å². The van der Waals surface area contributed by atoms with Gasteiger partial charge in [0.1, 0.15) is 12.0 Å². The SMILES string of the molecule is CC[C@H](C1CCCC1)n1cc(-c2ncnc3c2ccn3C(C)C)cn1. The fourth-order valence-corrected chi connectivity index (χ4v) is 4.34. The second kappa shape index (κ2) is 6.62. The summed E-state index contributed by atoms with van der Waals surface area (Å²) < 4.78 is 4.37. The van der Waals surface area contributed by atoms with Crippen LogP contribution in [0.5, 0.6) is 0 Å². The van der Waals surface area contributed by atoms with Crippen LogP contribution in [0.4, 0.5) is 0 Å². The first-order valence-corrected chi connectivity index (χ1v) is 9.55. The lowest BCUT2D eigenvalue weighted by atomic mass is 9.96. The Morgan fingerprint density at radius 3 is 2.72 bits per heavy atom. The molecule has 1 saturated carbocycles. The predicted molar refractivity (Wildman–Crippen MR) is 100 cm³/mol. The molecule has 3 heterocycles. The molecule has 0 aromatic carbocycles. The third kappa shape index (κ3) is 2.86. The summed E-state index contributed by atoms with van der Waals surface area (Å²) in [7, 11) is 0. The van der Waals surface area contributed by atoms with Crippen LogP contribution in [-0.4, -0.2) is 24.3 Å². The lowest BCUT2D eigenvalue weighted by molar-refractivity contribution is 0.301. The zero-order valence-electron chi connectivity index (χ0n) is 15.4. The Balaban J connectivity index is 1.71. The Kier molecular flexibility index (Phi) is 4.32. The molecule has 0 amide bonds. The van der Waals surface area contributed by atoms with Crippen LogP contribution in [0.3, 0.4) is 0 Å². The average Bonchev–Trinajstić information content (AvgIpc) is 3.36. The Labute approximate surface area is 149 Å². The molecule has 0 saturated heterocycles. The molecule has 0 bridgehead atoms. The Hall–Kier alpha value is -2.17. The molecule has 0 N–H and O–H groups in total. The van der Waals surface area contributed by atoms with E-state index in [0.717, 1.165) is 34.6 Å². The number of rotatable bonds is 5. The maximum absolute atomic E-state index is 4.71. The average molecular weight is 337 g/mol. The number of fused-ring (bicyclic) bond motifs is 1. The van der Waals surface area contributed by atoms with Gasteiger partial charge >= 0.3 is 0 Å². The largest absolute Gasteiger partial charge is 0.330 e. The van der Waals surface area contributed by atoms with E-state index in [0.29, 0.717) is 12.1 Å². The summed E-state index contributed by atoms with van der Waals surface area (Å²) in [5.41, 5.74) is 3.07. The van der Waals surface area contributed by atoms with E-state index in [1.807, 2.05) is 6.20 Å². The maximum Gasteiger partial charge on any atom is 0.144 e. The lowest BCUT2D eigenvalue weighted by Gasteiger charge is -2.22. The molecular formula is C20H27N5. The summed E-state index contributed by atoms with van der Waals surface area (Å²) in [6.45, 7) is 6.62. The molecule has 3 aromatic heterocycles. The summed E-state index contributed by atoms with van der Waals surface area (Å²) in [6.07, 6.45) is 14.5. The summed E-state index contributed by atoms with van der Waals surface area (Å²) >= 11 is 0. The zero-order chi connectivity index (χ0) is 17.4. The lowest BCUT2D eigenvalue weighted by Crippen LogP contribution is -2.17. The molecule has 1 fully saturated rings. The highest BCUT2D eigenvalue weighted by Crippen LogP contribution is 2.36. The van der Waals surface area contributed by atoms with Gasteiger partial charge in [0, 0.05) is 29.4 Å². The van der Waals surface area contributed by atoms with Gasteiger partial charge in [-0.3, -0.25) is 4.68 Å². The first-order chi connectivity index (χ1) is 12.2. The van der Waals surface area contributed by atoms with Gasteiger partial charge < -0.3 is 4.57 Å². The van der Waals surface area contributed by atoms with Crippen molar-refractivity contribution in [2.75, 3.05) is 0 Å². The molecule has 0 unspecified atom stereocenters. The standard InChI is InChI=1S/C20H27N5/c1-4-18(15-7-5-6-8-15)25-12-16(11-23-25)19-17-9-10-24(14(2)3)20(17)22-13-21-19/h9-15,18H,4-8H2,1-3H3/t18-/m1/s1. The van der Waals surface area contributed by atoms with E-state index in [1.54, 1.807) is 6.33 Å². The van der Waals surface area contributed by atoms with Crippen molar-refractivity contribution in [3.05, 3.63) is 31.0 Å². The van der Waals surface area contributed by atoms with Gasteiger partial charge in [-0.05, 0) is 45.1 Å². The smallest absolute Gasteiger partial charge is 0.144 e. The zero-order valence-corrected chi connectivity index (χ0v) is 15.4.